The minimum atomic E-state index is -0.619. The summed E-state index contributed by atoms with van der Waals surface area (Å²) < 4.78 is 0. The van der Waals surface area contributed by atoms with Crippen LogP contribution in [0.1, 0.15) is 52.4 Å². The molecule has 7 heteroatoms. The minimum absolute atomic E-state index is 0.00351. The van der Waals surface area contributed by atoms with Gasteiger partial charge in [0, 0.05) is 32.7 Å². The first-order chi connectivity index (χ1) is 14.0. The van der Waals surface area contributed by atoms with Crippen molar-refractivity contribution >= 4 is 17.7 Å². The van der Waals surface area contributed by atoms with Gasteiger partial charge < -0.3 is 20.6 Å². The number of nitrogens with one attached hydrogen (secondary N) is 2. The van der Waals surface area contributed by atoms with E-state index in [0.717, 1.165) is 32.1 Å². The molecule has 0 unspecified atom stereocenters. The van der Waals surface area contributed by atoms with Crippen molar-refractivity contribution in [2.45, 2.75) is 58.4 Å². The van der Waals surface area contributed by atoms with Crippen LogP contribution in [0.4, 0.5) is 0 Å². The number of carbonyl (C=O) groups is 3. The largest absolute Gasteiger partial charge is 0.396 e. The van der Waals surface area contributed by atoms with E-state index in [0.29, 0.717) is 19.5 Å². The van der Waals surface area contributed by atoms with Crippen LogP contribution in [0.2, 0.25) is 0 Å². The van der Waals surface area contributed by atoms with E-state index in [9.17, 15) is 19.5 Å². The Morgan fingerprint density at radius 2 is 1.86 bits per heavy atom. The third-order valence-corrected chi connectivity index (χ3v) is 6.19. The molecule has 1 aliphatic heterocycles. The summed E-state index contributed by atoms with van der Waals surface area (Å²) in [6.07, 6.45) is 9.20. The number of aliphatic hydroxyl groups excluding tert-OH is 1. The Kier molecular flexibility index (Phi) is 9.14. The number of likely N-dealkylation sites (tertiary alicyclic amines) is 1. The molecule has 2 aliphatic rings. The fourth-order valence-corrected chi connectivity index (χ4v) is 4.80. The number of aliphatic hydroxyl groups is 1. The number of fused-ring (bicyclic) bond motifs is 1. The molecular formula is C22H37N3O4. The Hall–Kier alpha value is -1.89. The molecule has 0 aromatic rings. The Morgan fingerprint density at radius 3 is 2.48 bits per heavy atom. The van der Waals surface area contributed by atoms with Crippen molar-refractivity contribution in [2.75, 3.05) is 26.7 Å². The van der Waals surface area contributed by atoms with Gasteiger partial charge in [-0.25, -0.2) is 0 Å². The zero-order valence-corrected chi connectivity index (χ0v) is 18.0. The van der Waals surface area contributed by atoms with Gasteiger partial charge in [0.25, 0.3) is 0 Å². The van der Waals surface area contributed by atoms with E-state index >= 15 is 0 Å². The monoisotopic (exact) mass is 407 g/mol. The summed E-state index contributed by atoms with van der Waals surface area (Å²) >= 11 is 0. The standard InChI is InChI=1S/C22H37N3O4/c1-4-6-7-12-24-21(28)19-16-11-10-15(9-5-2)17(20(27)23-3)18(16)22(29)25(19)13-8-14-26/h10-11,15-19,26H,4-9,12-14H2,1-3H3,(H,23,27)(H,24,28)/t15-,16+,17-,18+,19+/m1/s1. The van der Waals surface area contributed by atoms with E-state index in [2.05, 4.69) is 24.5 Å². The van der Waals surface area contributed by atoms with Crippen LogP contribution in [0, 0.1) is 23.7 Å². The Labute approximate surface area is 174 Å². The summed E-state index contributed by atoms with van der Waals surface area (Å²) in [5.41, 5.74) is 0. The van der Waals surface area contributed by atoms with Crippen molar-refractivity contribution < 1.29 is 19.5 Å². The predicted molar refractivity (Wildman–Crippen MR) is 112 cm³/mol. The Morgan fingerprint density at radius 1 is 1.10 bits per heavy atom. The summed E-state index contributed by atoms with van der Waals surface area (Å²) in [4.78, 5) is 40.7. The van der Waals surface area contributed by atoms with Crippen LogP contribution in [0.15, 0.2) is 12.2 Å². The zero-order chi connectivity index (χ0) is 21.4. The maximum absolute atomic E-state index is 13.4. The molecule has 3 amide bonds. The molecule has 1 saturated heterocycles. The van der Waals surface area contributed by atoms with Crippen LogP contribution >= 0.6 is 0 Å². The summed E-state index contributed by atoms with van der Waals surface area (Å²) in [5.74, 6) is -1.75. The van der Waals surface area contributed by atoms with Gasteiger partial charge in [-0.1, -0.05) is 45.3 Å². The SMILES string of the molecule is CCCCCNC(=O)[C@@H]1[C@H]2C=C[C@@H](CCC)[C@@H](C(=O)NC)[C@H]2C(=O)N1CCCO. The average molecular weight is 408 g/mol. The maximum Gasteiger partial charge on any atom is 0.243 e. The quantitative estimate of drug-likeness (QED) is 0.357. The van der Waals surface area contributed by atoms with Crippen molar-refractivity contribution in [3.8, 4) is 0 Å². The van der Waals surface area contributed by atoms with Crippen molar-refractivity contribution in [3.63, 3.8) is 0 Å². The number of hydrogen-bond donors (Lipinski definition) is 3. The molecule has 1 aliphatic carbocycles. The lowest BCUT2D eigenvalue weighted by Crippen LogP contribution is -2.48. The van der Waals surface area contributed by atoms with E-state index < -0.39 is 17.9 Å². The molecule has 164 valence electrons. The molecule has 3 N–H and O–H groups in total. The molecule has 0 saturated carbocycles. The summed E-state index contributed by atoms with van der Waals surface area (Å²) in [7, 11) is 1.60. The first-order valence-corrected chi connectivity index (χ1v) is 11.1. The van der Waals surface area contributed by atoms with Crippen molar-refractivity contribution in [1.82, 2.24) is 15.5 Å². The van der Waals surface area contributed by atoms with Crippen LogP contribution in [0.3, 0.4) is 0 Å². The first-order valence-electron chi connectivity index (χ1n) is 11.1. The number of hydrogen-bond acceptors (Lipinski definition) is 4. The van der Waals surface area contributed by atoms with E-state index in [1.165, 1.54) is 0 Å². The molecule has 0 spiro atoms. The number of amides is 3. The number of nitrogens with zero attached hydrogens (tertiary/aromatic N) is 1. The number of carbonyl (C=O) groups excluding carboxylic acids is 3. The van der Waals surface area contributed by atoms with E-state index in [4.69, 9.17) is 0 Å². The minimum Gasteiger partial charge on any atom is -0.396 e. The van der Waals surface area contributed by atoms with Gasteiger partial charge in [-0.3, -0.25) is 14.4 Å². The Bertz CT molecular complexity index is 607. The van der Waals surface area contributed by atoms with Gasteiger partial charge in [0.15, 0.2) is 0 Å². The van der Waals surface area contributed by atoms with Crippen LogP contribution in [0.5, 0.6) is 0 Å². The lowest BCUT2D eigenvalue weighted by molar-refractivity contribution is -0.141. The van der Waals surface area contributed by atoms with Crippen molar-refractivity contribution in [2.24, 2.45) is 23.7 Å². The zero-order valence-electron chi connectivity index (χ0n) is 18.0. The smallest absolute Gasteiger partial charge is 0.243 e. The molecule has 1 fully saturated rings. The van der Waals surface area contributed by atoms with Crippen LogP contribution in [-0.4, -0.2) is 60.5 Å². The fourth-order valence-electron chi connectivity index (χ4n) is 4.80. The molecule has 5 atom stereocenters. The highest BCUT2D eigenvalue weighted by Gasteiger charge is 2.56. The highest BCUT2D eigenvalue weighted by molar-refractivity contribution is 5.96. The third-order valence-electron chi connectivity index (χ3n) is 6.19. The highest BCUT2D eigenvalue weighted by Crippen LogP contribution is 2.45. The molecule has 1 heterocycles. The highest BCUT2D eigenvalue weighted by atomic mass is 16.3. The van der Waals surface area contributed by atoms with Gasteiger partial charge in [0.1, 0.15) is 6.04 Å². The van der Waals surface area contributed by atoms with E-state index in [1.807, 2.05) is 12.2 Å². The lowest BCUT2D eigenvalue weighted by atomic mass is 9.68. The molecule has 7 nitrogen and oxygen atoms in total. The topological polar surface area (TPSA) is 98.7 Å². The second-order valence-corrected chi connectivity index (χ2v) is 8.13. The van der Waals surface area contributed by atoms with Gasteiger partial charge in [-0.15, -0.1) is 0 Å². The first kappa shape index (κ1) is 23.4. The molecule has 0 bridgehead atoms. The number of unbranched alkanes of at least 4 members (excludes halogenated alkanes) is 2. The Balaban J connectivity index is 2.31. The van der Waals surface area contributed by atoms with Crippen LogP contribution < -0.4 is 10.6 Å². The van der Waals surface area contributed by atoms with E-state index in [-0.39, 0.29) is 36.2 Å². The fraction of sp³-hybridized carbons (Fsp3) is 0.773. The van der Waals surface area contributed by atoms with Gasteiger partial charge in [0.2, 0.25) is 17.7 Å². The summed E-state index contributed by atoms with van der Waals surface area (Å²) in [6.45, 7) is 5.04. The molecule has 2 rings (SSSR count). The molecule has 0 aromatic heterocycles. The van der Waals surface area contributed by atoms with Gasteiger partial charge in [0.05, 0.1) is 11.8 Å². The molecular weight excluding hydrogens is 370 g/mol. The lowest BCUT2D eigenvalue weighted by Gasteiger charge is -2.34. The van der Waals surface area contributed by atoms with Crippen LogP contribution in [-0.2, 0) is 14.4 Å². The third kappa shape index (κ3) is 5.18. The molecule has 0 aromatic carbocycles. The summed E-state index contributed by atoms with van der Waals surface area (Å²) in [5, 5.41) is 15.0. The average Bonchev–Trinajstić information content (AvgIpc) is 3.01. The normalized spacial score (nSPS) is 28.3. The number of allylic oxidation sites excluding steroid dienone is 1. The van der Waals surface area contributed by atoms with Crippen LogP contribution in [0.25, 0.3) is 0 Å². The van der Waals surface area contributed by atoms with Gasteiger partial charge in [-0.2, -0.15) is 0 Å². The molecule has 0 radical (unpaired) electrons. The number of rotatable bonds is 11. The van der Waals surface area contributed by atoms with E-state index in [1.54, 1.807) is 11.9 Å². The van der Waals surface area contributed by atoms with Crippen molar-refractivity contribution in [3.05, 3.63) is 12.2 Å². The summed E-state index contributed by atoms with van der Waals surface area (Å²) in [6, 6.07) is -0.619. The second-order valence-electron chi connectivity index (χ2n) is 8.13. The molecule has 29 heavy (non-hydrogen) atoms. The van der Waals surface area contributed by atoms with Crippen molar-refractivity contribution in [1.29, 1.82) is 0 Å². The van der Waals surface area contributed by atoms with Gasteiger partial charge >= 0.3 is 0 Å². The second kappa shape index (κ2) is 11.3. The maximum atomic E-state index is 13.4. The van der Waals surface area contributed by atoms with Gasteiger partial charge in [-0.05, 0) is 25.2 Å². The predicted octanol–water partition coefficient (Wildman–Crippen LogP) is 1.47.